The number of nitrogens with one attached hydrogen (secondary N) is 1. The first-order valence-electron chi connectivity index (χ1n) is 7.15. The highest BCUT2D eigenvalue weighted by Gasteiger charge is 2.40. The Morgan fingerprint density at radius 1 is 1.35 bits per heavy atom. The number of carbonyl (C=O) groups excluding carboxylic acids is 2. The fourth-order valence-electron chi connectivity index (χ4n) is 2.64. The van der Waals surface area contributed by atoms with E-state index in [1.165, 1.54) is 0 Å². The van der Waals surface area contributed by atoms with Crippen LogP contribution in [0.3, 0.4) is 0 Å². The van der Waals surface area contributed by atoms with E-state index >= 15 is 0 Å². The molecule has 2 rings (SSSR count). The van der Waals surface area contributed by atoms with Gasteiger partial charge in [-0.1, -0.05) is 20.3 Å². The second kappa shape index (κ2) is 6.03. The molecule has 0 spiro atoms. The van der Waals surface area contributed by atoms with Crippen molar-refractivity contribution in [2.75, 3.05) is 4.90 Å². The number of amides is 2. The summed E-state index contributed by atoms with van der Waals surface area (Å²) in [7, 11) is 0. The quantitative estimate of drug-likeness (QED) is 0.911. The van der Waals surface area contributed by atoms with Crippen molar-refractivity contribution in [3.63, 3.8) is 0 Å². The highest BCUT2D eigenvalue weighted by atomic mass is 16.2. The smallest absolute Gasteiger partial charge is 0.250 e. The molecule has 1 saturated heterocycles. The molecule has 2 atom stereocenters. The van der Waals surface area contributed by atoms with Crippen molar-refractivity contribution >= 4 is 17.5 Å². The molecule has 5 heteroatoms. The van der Waals surface area contributed by atoms with Gasteiger partial charge in [-0.2, -0.15) is 0 Å². The first-order valence-corrected chi connectivity index (χ1v) is 7.15. The maximum Gasteiger partial charge on any atom is 0.250 e. The van der Waals surface area contributed by atoms with E-state index in [-0.39, 0.29) is 11.8 Å². The minimum Gasteiger partial charge on any atom is -0.342 e. The standard InChI is InChI=1S/C15H21N3O2/c1-4-7-11-15(20)18(12(5-2)14(19)17-11)13-8-6-9-16-10(13)3/h6,8-9,11-12H,4-5,7H2,1-3H3,(H,17,19). The lowest BCUT2D eigenvalue weighted by molar-refractivity contribution is -0.134. The molecule has 1 aliphatic rings. The van der Waals surface area contributed by atoms with Gasteiger partial charge in [0.15, 0.2) is 0 Å². The molecule has 2 heterocycles. The summed E-state index contributed by atoms with van der Waals surface area (Å²) in [6, 6.07) is 2.78. The fourth-order valence-corrected chi connectivity index (χ4v) is 2.64. The SMILES string of the molecule is CCCC1NC(=O)C(CC)N(c2cccnc2C)C1=O. The summed E-state index contributed by atoms with van der Waals surface area (Å²) in [6.07, 6.45) is 3.80. The lowest BCUT2D eigenvalue weighted by atomic mass is 10.0. The second-order valence-electron chi connectivity index (χ2n) is 5.09. The fraction of sp³-hybridized carbons (Fsp3) is 0.533. The maximum atomic E-state index is 12.7. The molecule has 108 valence electrons. The van der Waals surface area contributed by atoms with Crippen LogP contribution in [0.4, 0.5) is 5.69 Å². The van der Waals surface area contributed by atoms with Crippen LogP contribution in [-0.4, -0.2) is 28.9 Å². The van der Waals surface area contributed by atoms with Gasteiger partial charge in [-0.05, 0) is 31.9 Å². The summed E-state index contributed by atoms with van der Waals surface area (Å²) >= 11 is 0. The first kappa shape index (κ1) is 14.5. The Morgan fingerprint density at radius 2 is 2.10 bits per heavy atom. The summed E-state index contributed by atoms with van der Waals surface area (Å²) < 4.78 is 0. The van der Waals surface area contributed by atoms with Gasteiger partial charge in [0, 0.05) is 6.20 Å². The molecule has 20 heavy (non-hydrogen) atoms. The number of nitrogens with zero attached hydrogens (tertiary/aromatic N) is 2. The summed E-state index contributed by atoms with van der Waals surface area (Å²) in [5, 5.41) is 2.84. The van der Waals surface area contributed by atoms with Crippen molar-refractivity contribution in [2.45, 2.75) is 52.1 Å². The number of hydrogen-bond donors (Lipinski definition) is 1. The van der Waals surface area contributed by atoms with E-state index in [9.17, 15) is 9.59 Å². The van der Waals surface area contributed by atoms with E-state index in [0.29, 0.717) is 12.8 Å². The van der Waals surface area contributed by atoms with Crippen LogP contribution in [0.5, 0.6) is 0 Å². The first-order chi connectivity index (χ1) is 9.60. The van der Waals surface area contributed by atoms with Crippen molar-refractivity contribution in [3.05, 3.63) is 24.0 Å². The Kier molecular flexibility index (Phi) is 4.37. The molecule has 1 aliphatic heterocycles. The Morgan fingerprint density at radius 3 is 2.70 bits per heavy atom. The van der Waals surface area contributed by atoms with Gasteiger partial charge in [0.25, 0.3) is 0 Å². The summed E-state index contributed by atoms with van der Waals surface area (Å²) in [4.78, 5) is 30.7. The van der Waals surface area contributed by atoms with E-state index < -0.39 is 12.1 Å². The lowest BCUT2D eigenvalue weighted by Crippen LogP contribution is -2.63. The van der Waals surface area contributed by atoms with Crippen molar-refractivity contribution < 1.29 is 9.59 Å². The number of piperazine rings is 1. The topological polar surface area (TPSA) is 62.3 Å². The van der Waals surface area contributed by atoms with E-state index in [1.807, 2.05) is 26.8 Å². The van der Waals surface area contributed by atoms with E-state index in [1.54, 1.807) is 17.2 Å². The van der Waals surface area contributed by atoms with Crippen LogP contribution < -0.4 is 10.2 Å². The van der Waals surface area contributed by atoms with Crippen LogP contribution in [0.25, 0.3) is 0 Å². The molecule has 5 nitrogen and oxygen atoms in total. The van der Waals surface area contributed by atoms with E-state index in [2.05, 4.69) is 10.3 Å². The van der Waals surface area contributed by atoms with Gasteiger partial charge >= 0.3 is 0 Å². The zero-order valence-corrected chi connectivity index (χ0v) is 12.2. The molecule has 0 saturated carbocycles. The van der Waals surface area contributed by atoms with Crippen molar-refractivity contribution in [1.82, 2.24) is 10.3 Å². The number of aromatic nitrogens is 1. The molecule has 0 aliphatic carbocycles. The molecular weight excluding hydrogens is 254 g/mol. The molecule has 1 aromatic heterocycles. The Bertz CT molecular complexity index is 516. The normalized spacial score (nSPS) is 22.9. The maximum absolute atomic E-state index is 12.7. The van der Waals surface area contributed by atoms with Gasteiger partial charge in [-0.15, -0.1) is 0 Å². The van der Waals surface area contributed by atoms with Gasteiger partial charge in [0.2, 0.25) is 11.8 Å². The average molecular weight is 275 g/mol. The lowest BCUT2D eigenvalue weighted by Gasteiger charge is -2.39. The number of carbonyl (C=O) groups is 2. The molecule has 1 aromatic rings. The molecule has 0 radical (unpaired) electrons. The van der Waals surface area contributed by atoms with Crippen LogP contribution in [0, 0.1) is 6.92 Å². The third-order valence-corrected chi connectivity index (χ3v) is 3.67. The summed E-state index contributed by atoms with van der Waals surface area (Å²) in [5.41, 5.74) is 1.50. The molecule has 0 bridgehead atoms. The van der Waals surface area contributed by atoms with Gasteiger partial charge in [0.1, 0.15) is 12.1 Å². The highest BCUT2D eigenvalue weighted by Crippen LogP contribution is 2.26. The van der Waals surface area contributed by atoms with Gasteiger partial charge in [0.05, 0.1) is 11.4 Å². The molecule has 1 N–H and O–H groups in total. The predicted molar refractivity (Wildman–Crippen MR) is 77.4 cm³/mol. The number of rotatable bonds is 4. The van der Waals surface area contributed by atoms with E-state index in [4.69, 9.17) is 0 Å². The highest BCUT2D eigenvalue weighted by molar-refractivity contribution is 6.08. The van der Waals surface area contributed by atoms with Crippen LogP contribution in [0.2, 0.25) is 0 Å². The zero-order chi connectivity index (χ0) is 14.7. The molecule has 2 amide bonds. The number of aryl methyl sites for hydroxylation is 1. The molecular formula is C15H21N3O2. The van der Waals surface area contributed by atoms with Crippen molar-refractivity contribution in [1.29, 1.82) is 0 Å². The summed E-state index contributed by atoms with van der Waals surface area (Å²) in [6.45, 7) is 5.78. The van der Waals surface area contributed by atoms with Crippen LogP contribution in [0.15, 0.2) is 18.3 Å². The van der Waals surface area contributed by atoms with Crippen molar-refractivity contribution in [3.8, 4) is 0 Å². The third kappa shape index (κ3) is 2.53. The number of hydrogen-bond acceptors (Lipinski definition) is 3. The second-order valence-corrected chi connectivity index (χ2v) is 5.09. The molecule has 2 unspecified atom stereocenters. The van der Waals surface area contributed by atoms with Gasteiger partial charge in [-0.25, -0.2) is 0 Å². The largest absolute Gasteiger partial charge is 0.342 e. The van der Waals surface area contributed by atoms with Crippen LogP contribution >= 0.6 is 0 Å². The van der Waals surface area contributed by atoms with E-state index in [0.717, 1.165) is 17.8 Å². The minimum atomic E-state index is -0.446. The average Bonchev–Trinajstić information content (AvgIpc) is 2.43. The molecule has 1 fully saturated rings. The van der Waals surface area contributed by atoms with Crippen LogP contribution in [-0.2, 0) is 9.59 Å². The van der Waals surface area contributed by atoms with Gasteiger partial charge < -0.3 is 5.32 Å². The number of pyridine rings is 1. The minimum absolute atomic E-state index is 0.0330. The monoisotopic (exact) mass is 275 g/mol. The van der Waals surface area contributed by atoms with Gasteiger partial charge in [-0.3, -0.25) is 19.5 Å². The third-order valence-electron chi connectivity index (χ3n) is 3.67. The van der Waals surface area contributed by atoms with Crippen LogP contribution in [0.1, 0.15) is 38.8 Å². The Hall–Kier alpha value is -1.91. The molecule has 0 aromatic carbocycles. The predicted octanol–water partition coefficient (Wildman–Crippen LogP) is 1.80. The Balaban J connectivity index is 2.41. The zero-order valence-electron chi connectivity index (χ0n) is 12.2. The number of anilines is 1. The Labute approximate surface area is 119 Å². The summed E-state index contributed by atoms with van der Waals surface area (Å²) in [5.74, 6) is -0.108. The van der Waals surface area contributed by atoms with Crippen molar-refractivity contribution in [2.24, 2.45) is 0 Å².